The molecule has 4 aromatic rings. The zero-order chi connectivity index (χ0) is 21.5. The van der Waals surface area contributed by atoms with E-state index in [9.17, 15) is 26.4 Å². The molecule has 4 rings (SSSR count). The van der Waals surface area contributed by atoms with Gasteiger partial charge in [0, 0.05) is 16.5 Å². The van der Waals surface area contributed by atoms with E-state index in [1.54, 1.807) is 30.3 Å². The van der Waals surface area contributed by atoms with Crippen LogP contribution in [0.15, 0.2) is 78.9 Å². The van der Waals surface area contributed by atoms with Gasteiger partial charge < -0.3 is 4.18 Å². The number of fused-ring (bicyclic) bond motifs is 2. The summed E-state index contributed by atoms with van der Waals surface area (Å²) in [7, 11) is -5.84. The molecule has 4 nitrogen and oxygen atoms in total. The predicted molar refractivity (Wildman–Crippen MR) is 107 cm³/mol. The molecule has 0 amide bonds. The second kappa shape index (κ2) is 7.14. The SMILES string of the molecule is O=C(c1cccc2ccccc12)c1ccc(OS(=O)(=O)C(F)(F)F)c2ccccc12. The first-order valence-corrected chi connectivity index (χ1v) is 10.1. The third-order valence-electron chi connectivity index (χ3n) is 4.65. The molecule has 0 atom stereocenters. The van der Waals surface area contributed by atoms with Gasteiger partial charge in [0.05, 0.1) is 0 Å². The van der Waals surface area contributed by atoms with Gasteiger partial charge in [-0.15, -0.1) is 0 Å². The van der Waals surface area contributed by atoms with Crippen molar-refractivity contribution in [3.05, 3.63) is 90.0 Å². The van der Waals surface area contributed by atoms with Crippen molar-refractivity contribution < 1.29 is 30.6 Å². The van der Waals surface area contributed by atoms with E-state index in [-0.39, 0.29) is 22.1 Å². The normalized spacial score (nSPS) is 12.2. The summed E-state index contributed by atoms with van der Waals surface area (Å²) in [4.78, 5) is 13.3. The first-order chi connectivity index (χ1) is 14.2. The van der Waals surface area contributed by atoms with Gasteiger partial charge in [0.2, 0.25) is 0 Å². The quantitative estimate of drug-likeness (QED) is 0.245. The molecular weight excluding hydrogens is 417 g/mol. The van der Waals surface area contributed by atoms with Gasteiger partial charge >= 0.3 is 15.6 Å². The van der Waals surface area contributed by atoms with Crippen LogP contribution in [0.4, 0.5) is 13.2 Å². The van der Waals surface area contributed by atoms with Crippen molar-refractivity contribution in [3.63, 3.8) is 0 Å². The highest BCUT2D eigenvalue weighted by molar-refractivity contribution is 7.88. The molecule has 0 aliphatic rings. The fraction of sp³-hybridized carbons (Fsp3) is 0.0455. The molecule has 30 heavy (non-hydrogen) atoms. The summed E-state index contributed by atoms with van der Waals surface area (Å²) in [5.41, 5.74) is -4.92. The third-order valence-corrected chi connectivity index (χ3v) is 5.61. The topological polar surface area (TPSA) is 60.4 Å². The number of carbonyl (C=O) groups excluding carboxylic acids is 1. The first-order valence-electron chi connectivity index (χ1n) is 8.74. The zero-order valence-electron chi connectivity index (χ0n) is 15.2. The number of rotatable bonds is 4. The Balaban J connectivity index is 1.87. The maximum Gasteiger partial charge on any atom is 0.534 e. The van der Waals surface area contributed by atoms with Gasteiger partial charge in [0.25, 0.3) is 0 Å². The maximum atomic E-state index is 13.3. The summed E-state index contributed by atoms with van der Waals surface area (Å²) < 4.78 is 65.4. The van der Waals surface area contributed by atoms with Gasteiger partial charge in [-0.1, -0.05) is 66.7 Å². The minimum absolute atomic E-state index is 0.0800. The fourth-order valence-corrected chi connectivity index (χ4v) is 3.75. The number of hydrogen-bond acceptors (Lipinski definition) is 4. The molecule has 0 aliphatic carbocycles. The highest BCUT2D eigenvalue weighted by Gasteiger charge is 2.48. The highest BCUT2D eigenvalue weighted by Crippen LogP contribution is 2.34. The molecule has 0 radical (unpaired) electrons. The Morgan fingerprint density at radius 2 is 1.27 bits per heavy atom. The monoisotopic (exact) mass is 430 g/mol. The molecule has 0 aliphatic heterocycles. The van der Waals surface area contributed by atoms with Crippen LogP contribution in [0.25, 0.3) is 21.5 Å². The molecule has 4 aromatic carbocycles. The van der Waals surface area contributed by atoms with Gasteiger partial charge in [-0.3, -0.25) is 4.79 Å². The van der Waals surface area contributed by atoms with Gasteiger partial charge in [0.15, 0.2) is 11.5 Å². The third kappa shape index (κ3) is 3.39. The van der Waals surface area contributed by atoms with Crippen LogP contribution >= 0.6 is 0 Å². The van der Waals surface area contributed by atoms with Crippen LogP contribution in [0.1, 0.15) is 15.9 Å². The Bertz CT molecular complexity index is 1390. The number of hydrogen-bond donors (Lipinski definition) is 0. The zero-order valence-corrected chi connectivity index (χ0v) is 16.0. The smallest absolute Gasteiger partial charge is 0.375 e. The van der Waals surface area contributed by atoms with Crippen LogP contribution in [0.3, 0.4) is 0 Å². The molecule has 8 heteroatoms. The Kier molecular flexibility index (Phi) is 4.74. The molecule has 152 valence electrons. The van der Waals surface area contributed by atoms with Gasteiger partial charge in [0.1, 0.15) is 0 Å². The lowest BCUT2D eigenvalue weighted by atomic mass is 9.93. The largest absolute Gasteiger partial charge is 0.534 e. The van der Waals surface area contributed by atoms with Crippen LogP contribution in [0.2, 0.25) is 0 Å². The average molecular weight is 430 g/mol. The van der Waals surface area contributed by atoms with E-state index in [0.717, 1.165) is 16.8 Å². The van der Waals surface area contributed by atoms with Crippen molar-refractivity contribution >= 4 is 37.4 Å². The Morgan fingerprint density at radius 1 is 0.700 bits per heavy atom. The molecule has 0 aromatic heterocycles. The van der Waals surface area contributed by atoms with Crippen LogP contribution in [0, 0.1) is 0 Å². The number of carbonyl (C=O) groups is 1. The van der Waals surface area contributed by atoms with Crippen LogP contribution in [0.5, 0.6) is 5.75 Å². The van der Waals surface area contributed by atoms with Crippen molar-refractivity contribution in [2.45, 2.75) is 5.51 Å². The number of alkyl halides is 3. The molecule has 0 heterocycles. The molecule has 0 fully saturated rings. The van der Waals surface area contributed by atoms with Crippen LogP contribution in [-0.2, 0) is 10.1 Å². The second-order valence-electron chi connectivity index (χ2n) is 6.50. The molecule has 0 N–H and O–H groups in total. The summed E-state index contributed by atoms with van der Waals surface area (Å²) in [6, 6.07) is 21.0. The van der Waals surface area contributed by atoms with Crippen LogP contribution < -0.4 is 4.18 Å². The first kappa shape index (κ1) is 19.9. The van der Waals surface area contributed by atoms with E-state index in [4.69, 9.17) is 0 Å². The van der Waals surface area contributed by atoms with Crippen molar-refractivity contribution in [2.24, 2.45) is 0 Å². The lowest BCUT2D eigenvalue weighted by Gasteiger charge is -2.14. The highest BCUT2D eigenvalue weighted by atomic mass is 32.2. The maximum absolute atomic E-state index is 13.3. The van der Waals surface area contributed by atoms with Crippen molar-refractivity contribution in [3.8, 4) is 5.75 Å². The molecule has 0 saturated carbocycles. The predicted octanol–water partition coefficient (Wildman–Crippen LogP) is 5.45. The summed E-state index contributed by atoms with van der Waals surface area (Å²) in [6.45, 7) is 0. The Labute approximate surface area is 169 Å². The summed E-state index contributed by atoms with van der Waals surface area (Å²) in [6.07, 6.45) is 0. The van der Waals surface area contributed by atoms with Crippen molar-refractivity contribution in [1.82, 2.24) is 0 Å². The van der Waals surface area contributed by atoms with Crippen LogP contribution in [-0.4, -0.2) is 19.7 Å². The molecule has 0 bridgehead atoms. The van der Waals surface area contributed by atoms with Gasteiger partial charge in [-0.2, -0.15) is 21.6 Å². The molecule has 0 saturated heterocycles. The number of benzene rings is 4. The van der Waals surface area contributed by atoms with E-state index in [0.29, 0.717) is 5.56 Å². The minimum atomic E-state index is -5.84. The fourth-order valence-electron chi connectivity index (χ4n) is 3.28. The Morgan fingerprint density at radius 3 is 1.97 bits per heavy atom. The number of halogens is 3. The minimum Gasteiger partial charge on any atom is -0.375 e. The summed E-state index contributed by atoms with van der Waals surface area (Å²) in [5, 5.41) is 1.96. The second-order valence-corrected chi connectivity index (χ2v) is 8.03. The number of ketones is 1. The molecule has 0 spiro atoms. The van der Waals surface area contributed by atoms with E-state index >= 15 is 0 Å². The van der Waals surface area contributed by atoms with Gasteiger partial charge in [-0.25, -0.2) is 0 Å². The molecular formula is C22H13F3O4S. The van der Waals surface area contributed by atoms with E-state index < -0.39 is 21.4 Å². The van der Waals surface area contributed by atoms with E-state index in [1.807, 2.05) is 18.2 Å². The standard InChI is InChI=1S/C22H13F3O4S/c23-22(24,25)30(27,28)29-20-13-12-19(16-9-3-4-10-17(16)20)21(26)18-11-5-7-14-6-1-2-8-15(14)18/h1-13H. The average Bonchev–Trinajstić information content (AvgIpc) is 2.72. The summed E-state index contributed by atoms with van der Waals surface area (Å²) in [5.74, 6) is -0.842. The van der Waals surface area contributed by atoms with E-state index in [1.165, 1.54) is 24.3 Å². The van der Waals surface area contributed by atoms with Crippen molar-refractivity contribution in [2.75, 3.05) is 0 Å². The summed E-state index contributed by atoms with van der Waals surface area (Å²) >= 11 is 0. The molecule has 0 unspecified atom stereocenters. The Hall–Kier alpha value is -3.39. The van der Waals surface area contributed by atoms with Crippen molar-refractivity contribution in [1.29, 1.82) is 0 Å². The van der Waals surface area contributed by atoms with E-state index in [2.05, 4.69) is 4.18 Å². The lowest BCUT2D eigenvalue weighted by molar-refractivity contribution is -0.0499. The lowest BCUT2D eigenvalue weighted by Crippen LogP contribution is -2.28. The van der Waals surface area contributed by atoms with Gasteiger partial charge in [-0.05, 0) is 28.3 Å².